The van der Waals surface area contributed by atoms with E-state index in [1.807, 2.05) is 0 Å². The summed E-state index contributed by atoms with van der Waals surface area (Å²) in [5, 5.41) is 0. The first-order chi connectivity index (χ1) is 37.9. The van der Waals surface area contributed by atoms with E-state index in [2.05, 4.69) is 90.1 Å². The quantitative estimate of drug-likeness (QED) is 0.0542. The van der Waals surface area contributed by atoms with Crippen LogP contribution in [-0.4, -0.2) is 223 Å². The van der Waals surface area contributed by atoms with Crippen molar-refractivity contribution in [1.29, 1.82) is 0 Å². The van der Waals surface area contributed by atoms with E-state index in [1.54, 1.807) is 0 Å². The average Bonchev–Trinajstić information content (AvgIpc) is 3.42. The fraction of sp³-hybridized carbons (Fsp3) is 0.759. The summed E-state index contributed by atoms with van der Waals surface area (Å²) in [6.45, 7) is 27.9. The van der Waals surface area contributed by atoms with Crippen molar-refractivity contribution in [3.05, 3.63) is 70.8 Å². The molecule has 0 aliphatic rings. The molecule has 0 aliphatic carbocycles. The highest BCUT2D eigenvalue weighted by Crippen LogP contribution is 2.23. The summed E-state index contributed by atoms with van der Waals surface area (Å²) in [5.74, 6) is -1.01. The van der Waals surface area contributed by atoms with Gasteiger partial charge >= 0.3 is 11.9 Å². The van der Waals surface area contributed by atoms with Crippen LogP contribution >= 0.6 is 0 Å². The summed E-state index contributed by atoms with van der Waals surface area (Å²) >= 11 is 0. The van der Waals surface area contributed by atoms with Crippen molar-refractivity contribution in [1.82, 2.24) is 0 Å². The summed E-state index contributed by atoms with van der Waals surface area (Å²) in [6, 6.07) is 17.1. The molecule has 2 aromatic carbocycles. The first-order valence-electron chi connectivity index (χ1n) is 27.7. The molecule has 0 aliphatic heterocycles. The molecule has 0 atom stereocenters. The minimum atomic E-state index is -0.506. The Morgan fingerprint density at radius 1 is 0.256 bits per heavy atom. The zero-order valence-electron chi connectivity index (χ0n) is 48.2. The molecule has 2 aromatic rings. The van der Waals surface area contributed by atoms with Crippen molar-refractivity contribution in [3.63, 3.8) is 0 Å². The maximum absolute atomic E-state index is 11.9. The first-order valence-corrected chi connectivity index (χ1v) is 27.7. The third-order valence-corrected chi connectivity index (χ3v) is 10.9. The Hall–Kier alpha value is -3.26. The zero-order valence-corrected chi connectivity index (χ0v) is 48.2. The second-order valence-electron chi connectivity index (χ2n) is 19.5. The average molecular weight is 1120 g/mol. The number of carbonyl (C=O) groups excluding carboxylic acids is 2. The van der Waals surface area contributed by atoms with Crippen LogP contribution in [0.15, 0.2) is 48.5 Å². The number of carbonyl (C=O) groups is 2. The van der Waals surface area contributed by atoms with E-state index < -0.39 is 11.9 Å². The molecular weight excluding hydrogens is 1020 g/mol. The fourth-order valence-electron chi connectivity index (χ4n) is 6.44. The van der Waals surface area contributed by atoms with Crippen LogP contribution in [0, 0.1) is 0 Å². The van der Waals surface area contributed by atoms with Crippen LogP contribution in [-0.2, 0) is 119 Å². The molecule has 0 bridgehead atoms. The van der Waals surface area contributed by atoms with Gasteiger partial charge in [0.2, 0.25) is 0 Å². The molecule has 2 rings (SSSR count). The van der Waals surface area contributed by atoms with Gasteiger partial charge in [0.15, 0.2) is 0 Å². The van der Waals surface area contributed by atoms with Gasteiger partial charge in [-0.25, -0.2) is 0 Å². The standard InChI is InChI=1S/C58H98O20/c1-57(2,3)53-11-7-51(8-12-53)49-75-43-41-71-35-33-67-27-25-63-19-17-61-21-23-65-29-31-69-37-39-73-45-47-77-55(59)15-16-56(60)78-48-46-74-40-38-70-32-30-66-24-22-62-18-20-64-26-28-68-34-36-72-42-44-76-50-52-9-13-54(14-10-52)58(4,5)6/h7-14H,15-50H2,1-6H3. The van der Waals surface area contributed by atoms with E-state index in [4.69, 9.17) is 85.3 Å². The monoisotopic (exact) mass is 1110 g/mol. The maximum Gasteiger partial charge on any atom is 0.306 e. The molecule has 20 nitrogen and oxygen atoms in total. The first kappa shape index (κ1) is 70.8. The second-order valence-corrected chi connectivity index (χ2v) is 19.5. The molecule has 0 saturated carbocycles. The summed E-state index contributed by atoms with van der Waals surface area (Å²) < 4.78 is 98.6. The van der Waals surface area contributed by atoms with Crippen molar-refractivity contribution in [2.24, 2.45) is 0 Å². The lowest BCUT2D eigenvalue weighted by atomic mass is 9.87. The van der Waals surface area contributed by atoms with Gasteiger partial charge in [-0.1, -0.05) is 90.1 Å². The van der Waals surface area contributed by atoms with Gasteiger partial charge in [0, 0.05) is 0 Å². The molecule has 0 saturated heterocycles. The third kappa shape index (κ3) is 44.5. The number of esters is 2. The van der Waals surface area contributed by atoms with Crippen LogP contribution in [0.1, 0.15) is 76.6 Å². The zero-order chi connectivity index (χ0) is 56.3. The van der Waals surface area contributed by atoms with Gasteiger partial charge in [0.1, 0.15) is 13.2 Å². The van der Waals surface area contributed by atoms with Gasteiger partial charge in [-0.15, -0.1) is 0 Å². The van der Waals surface area contributed by atoms with Crippen molar-refractivity contribution < 1.29 is 94.9 Å². The molecule has 0 N–H and O–H groups in total. The van der Waals surface area contributed by atoms with Crippen LogP contribution in [0.25, 0.3) is 0 Å². The van der Waals surface area contributed by atoms with E-state index in [9.17, 15) is 9.59 Å². The topological polar surface area (TPSA) is 200 Å². The van der Waals surface area contributed by atoms with Crippen molar-refractivity contribution in [3.8, 4) is 0 Å². The molecule has 0 spiro atoms. The smallest absolute Gasteiger partial charge is 0.306 e. The Kier molecular flexibility index (Phi) is 45.0. The lowest BCUT2D eigenvalue weighted by molar-refractivity contribution is -0.152. The van der Waals surface area contributed by atoms with Crippen LogP contribution in [0.5, 0.6) is 0 Å². The Bertz CT molecular complexity index is 1530. The van der Waals surface area contributed by atoms with Gasteiger partial charge in [0.25, 0.3) is 0 Å². The molecule has 78 heavy (non-hydrogen) atoms. The molecule has 0 unspecified atom stereocenters. The van der Waals surface area contributed by atoms with Gasteiger partial charge in [-0.3, -0.25) is 9.59 Å². The number of hydrogen-bond acceptors (Lipinski definition) is 20. The fourth-order valence-corrected chi connectivity index (χ4v) is 6.44. The molecule has 450 valence electrons. The SMILES string of the molecule is CC(C)(C)c1ccc(COCCOCCOCCOCCOCCOCCOCCOCCOC(=O)CCC(=O)OCCOCCOCCOCCOCCOCCOCCOCCOCc2ccc(C(C)(C)C)cc2)cc1. The number of hydrogen-bond donors (Lipinski definition) is 0. The highest BCUT2D eigenvalue weighted by Gasteiger charge is 2.14. The van der Waals surface area contributed by atoms with E-state index in [1.165, 1.54) is 11.1 Å². The maximum atomic E-state index is 11.9. The van der Waals surface area contributed by atoms with E-state index >= 15 is 0 Å². The number of benzene rings is 2. The van der Waals surface area contributed by atoms with Gasteiger partial charge in [0.05, 0.1) is 224 Å². The predicted molar refractivity (Wildman–Crippen MR) is 292 cm³/mol. The molecule has 0 aromatic heterocycles. The Labute approximate surface area is 466 Å². The van der Waals surface area contributed by atoms with Gasteiger partial charge in [-0.05, 0) is 33.1 Å². The summed E-state index contributed by atoms with van der Waals surface area (Å²) in [7, 11) is 0. The molecule has 0 radical (unpaired) electrons. The van der Waals surface area contributed by atoms with Crippen molar-refractivity contribution >= 4 is 11.9 Å². The van der Waals surface area contributed by atoms with Gasteiger partial charge < -0.3 is 85.3 Å². The van der Waals surface area contributed by atoms with E-state index in [0.717, 1.165) is 11.1 Å². The van der Waals surface area contributed by atoms with E-state index in [-0.39, 0.29) is 50.1 Å². The molecular formula is C58H98O20. The Balaban J connectivity index is 1.16. The highest BCUT2D eigenvalue weighted by atomic mass is 16.6. The summed E-state index contributed by atoms with van der Waals surface area (Å²) in [4.78, 5) is 23.9. The number of ether oxygens (including phenoxy) is 18. The molecule has 0 fully saturated rings. The summed E-state index contributed by atoms with van der Waals surface area (Å²) in [5.41, 5.74) is 5.23. The molecule has 20 heteroatoms. The van der Waals surface area contributed by atoms with E-state index in [0.29, 0.717) is 198 Å². The van der Waals surface area contributed by atoms with Crippen LogP contribution in [0.4, 0.5) is 0 Å². The highest BCUT2D eigenvalue weighted by molar-refractivity contribution is 5.77. The van der Waals surface area contributed by atoms with Crippen LogP contribution in [0.3, 0.4) is 0 Å². The lowest BCUT2D eigenvalue weighted by Crippen LogP contribution is -2.17. The number of rotatable bonds is 55. The normalized spacial score (nSPS) is 11.9. The van der Waals surface area contributed by atoms with Crippen molar-refractivity contribution in [2.45, 2.75) is 78.4 Å². The predicted octanol–water partition coefficient (Wildman–Crippen LogP) is 6.11. The van der Waals surface area contributed by atoms with Gasteiger partial charge in [-0.2, -0.15) is 0 Å². The minimum Gasteiger partial charge on any atom is -0.463 e. The molecule has 0 heterocycles. The lowest BCUT2D eigenvalue weighted by Gasteiger charge is -2.19. The Morgan fingerprint density at radius 3 is 0.603 bits per heavy atom. The van der Waals surface area contributed by atoms with Crippen LogP contribution < -0.4 is 0 Å². The van der Waals surface area contributed by atoms with Crippen molar-refractivity contribution in [2.75, 3.05) is 211 Å². The largest absolute Gasteiger partial charge is 0.463 e. The molecule has 0 amide bonds. The minimum absolute atomic E-state index is 0.0763. The summed E-state index contributed by atoms with van der Waals surface area (Å²) in [6.07, 6.45) is -0.170. The van der Waals surface area contributed by atoms with Crippen LogP contribution in [0.2, 0.25) is 0 Å². The second kappa shape index (κ2) is 49.5. The Morgan fingerprint density at radius 2 is 0.423 bits per heavy atom. The third-order valence-electron chi connectivity index (χ3n) is 10.9.